The smallest absolute Gasteiger partial charge is 0.253 e. The number of hydrogen-bond donors (Lipinski definition) is 2. The summed E-state index contributed by atoms with van der Waals surface area (Å²) in [5.41, 5.74) is 4.89. The molecule has 1 saturated carbocycles. The number of nitriles is 1. The Hall–Kier alpha value is -4.18. The number of likely N-dealkylation sites (tertiary alicyclic amines) is 1. The Morgan fingerprint density at radius 1 is 1.00 bits per heavy atom. The predicted octanol–water partition coefficient (Wildman–Crippen LogP) is 5.41. The van der Waals surface area contributed by atoms with Crippen molar-refractivity contribution in [1.82, 2.24) is 15.2 Å². The van der Waals surface area contributed by atoms with E-state index in [-0.39, 0.29) is 14.7 Å². The van der Waals surface area contributed by atoms with Crippen LogP contribution in [-0.4, -0.2) is 40.8 Å². The standard InChI is InChI=1S/C29H29N5O2.2H2/c1-19-2-5-23(16-26(19)33-27-11-8-24(18-31-27)28(35)32-25-9-10-25)29(36)34-14-12-22(13-15-34)21-6-3-20(17-30)4-7-21;;/h2-8,11,16,18,22,25H,9-10,12-15H2,1H3,(H,31,33)(H,32,35);2*1H. The van der Waals surface area contributed by atoms with Gasteiger partial charge in [-0.25, -0.2) is 4.98 Å². The van der Waals surface area contributed by atoms with Crippen LogP contribution >= 0.6 is 0 Å². The molecule has 2 N–H and O–H groups in total. The lowest BCUT2D eigenvalue weighted by atomic mass is 9.89. The van der Waals surface area contributed by atoms with Crippen molar-refractivity contribution in [2.45, 2.75) is 44.6 Å². The highest BCUT2D eigenvalue weighted by atomic mass is 16.2. The van der Waals surface area contributed by atoms with Crippen LogP contribution in [0, 0.1) is 18.3 Å². The number of amides is 2. The third kappa shape index (κ3) is 5.38. The highest BCUT2D eigenvalue weighted by Gasteiger charge is 2.25. The van der Waals surface area contributed by atoms with Crippen LogP contribution in [-0.2, 0) is 0 Å². The Morgan fingerprint density at radius 3 is 2.36 bits per heavy atom. The molecular formula is C29H33N5O2. The monoisotopic (exact) mass is 483 g/mol. The molecule has 2 fully saturated rings. The maximum Gasteiger partial charge on any atom is 0.253 e. The maximum atomic E-state index is 13.3. The lowest BCUT2D eigenvalue weighted by Gasteiger charge is -2.32. The number of rotatable bonds is 6. The zero-order chi connectivity index (χ0) is 25.1. The average molecular weight is 484 g/mol. The van der Waals surface area contributed by atoms with Crippen LogP contribution in [0.25, 0.3) is 0 Å². The summed E-state index contributed by atoms with van der Waals surface area (Å²) in [6.07, 6.45) is 5.46. The van der Waals surface area contributed by atoms with Gasteiger partial charge >= 0.3 is 0 Å². The molecule has 36 heavy (non-hydrogen) atoms. The van der Waals surface area contributed by atoms with Gasteiger partial charge in [-0.05, 0) is 86.1 Å². The minimum Gasteiger partial charge on any atom is -0.349 e. The van der Waals surface area contributed by atoms with E-state index in [4.69, 9.17) is 5.26 Å². The van der Waals surface area contributed by atoms with Gasteiger partial charge in [0.25, 0.3) is 11.8 Å². The van der Waals surface area contributed by atoms with E-state index in [2.05, 4.69) is 21.7 Å². The zero-order valence-corrected chi connectivity index (χ0v) is 20.3. The number of nitrogens with one attached hydrogen (secondary N) is 2. The molecule has 0 spiro atoms. The number of aromatic nitrogens is 1. The number of carbonyl (C=O) groups is 2. The topological polar surface area (TPSA) is 98.1 Å². The van der Waals surface area contributed by atoms with Gasteiger partial charge in [-0.3, -0.25) is 9.59 Å². The lowest BCUT2D eigenvalue weighted by Crippen LogP contribution is -2.37. The quantitative estimate of drug-likeness (QED) is 0.489. The Balaban J connectivity index is 0.00000200. The highest BCUT2D eigenvalue weighted by Crippen LogP contribution is 2.30. The molecule has 2 amide bonds. The van der Waals surface area contributed by atoms with Crippen molar-refractivity contribution in [1.29, 1.82) is 5.26 Å². The molecule has 1 saturated heterocycles. The largest absolute Gasteiger partial charge is 0.349 e. The number of benzene rings is 2. The third-order valence-corrected chi connectivity index (χ3v) is 6.98. The number of anilines is 2. The molecule has 5 rings (SSSR count). The molecule has 2 aromatic carbocycles. The Morgan fingerprint density at radius 2 is 1.72 bits per heavy atom. The van der Waals surface area contributed by atoms with E-state index in [1.54, 1.807) is 18.3 Å². The van der Waals surface area contributed by atoms with Gasteiger partial charge in [0, 0.05) is 39.4 Å². The van der Waals surface area contributed by atoms with Crippen LogP contribution in [0.3, 0.4) is 0 Å². The van der Waals surface area contributed by atoms with Crippen LogP contribution in [0.1, 0.15) is 71.9 Å². The van der Waals surface area contributed by atoms with Gasteiger partial charge in [0.05, 0.1) is 17.2 Å². The fraction of sp³-hybridized carbons (Fsp3) is 0.310. The second-order valence-electron chi connectivity index (χ2n) is 9.63. The lowest BCUT2D eigenvalue weighted by molar-refractivity contribution is 0.0713. The van der Waals surface area contributed by atoms with E-state index in [1.165, 1.54) is 5.56 Å². The van der Waals surface area contributed by atoms with Gasteiger partial charge in [0.2, 0.25) is 0 Å². The SMILES string of the molecule is Cc1ccc(C(=O)N2CCC(c3ccc(C#N)cc3)CC2)cc1Nc1ccc(C(=O)NC2CC2)cn1.[HH].[HH]. The second kappa shape index (κ2) is 10.2. The molecule has 1 aliphatic heterocycles. The highest BCUT2D eigenvalue weighted by molar-refractivity contribution is 5.96. The van der Waals surface area contributed by atoms with E-state index < -0.39 is 0 Å². The summed E-state index contributed by atoms with van der Waals surface area (Å²) in [4.78, 5) is 31.8. The predicted molar refractivity (Wildman–Crippen MR) is 142 cm³/mol. The average Bonchev–Trinajstić information content (AvgIpc) is 3.74. The summed E-state index contributed by atoms with van der Waals surface area (Å²) in [6.45, 7) is 3.38. The molecule has 0 bridgehead atoms. The van der Waals surface area contributed by atoms with E-state index in [1.807, 2.05) is 54.3 Å². The first-order valence-corrected chi connectivity index (χ1v) is 12.4. The van der Waals surface area contributed by atoms with Crippen LogP contribution in [0.5, 0.6) is 0 Å². The van der Waals surface area contributed by atoms with Crippen molar-refractivity contribution in [2.24, 2.45) is 0 Å². The summed E-state index contributed by atoms with van der Waals surface area (Å²) in [5, 5.41) is 15.3. The molecule has 3 aromatic rings. The van der Waals surface area contributed by atoms with Crippen LogP contribution in [0.4, 0.5) is 11.5 Å². The van der Waals surface area contributed by atoms with E-state index in [0.29, 0.717) is 47.6 Å². The van der Waals surface area contributed by atoms with Gasteiger partial charge in [-0.1, -0.05) is 18.2 Å². The molecule has 1 aliphatic carbocycles. The van der Waals surface area contributed by atoms with Crippen LogP contribution in [0.15, 0.2) is 60.8 Å². The van der Waals surface area contributed by atoms with Gasteiger partial charge in [-0.2, -0.15) is 5.26 Å². The fourth-order valence-electron chi connectivity index (χ4n) is 4.55. The Kier molecular flexibility index (Phi) is 6.68. The summed E-state index contributed by atoms with van der Waals surface area (Å²) in [7, 11) is 0. The summed E-state index contributed by atoms with van der Waals surface area (Å²) >= 11 is 0. The third-order valence-electron chi connectivity index (χ3n) is 6.98. The molecule has 2 heterocycles. The number of piperidine rings is 1. The van der Waals surface area contributed by atoms with Crippen molar-refractivity contribution in [3.8, 4) is 6.07 Å². The van der Waals surface area contributed by atoms with Gasteiger partial charge in [0.1, 0.15) is 5.82 Å². The van der Waals surface area contributed by atoms with Crippen molar-refractivity contribution in [3.05, 3.63) is 88.6 Å². The summed E-state index contributed by atoms with van der Waals surface area (Å²) in [6, 6.07) is 19.5. The molecule has 2 aliphatic rings. The second-order valence-corrected chi connectivity index (χ2v) is 9.63. The van der Waals surface area contributed by atoms with E-state index >= 15 is 0 Å². The first-order chi connectivity index (χ1) is 17.5. The minimum atomic E-state index is -0.0942. The summed E-state index contributed by atoms with van der Waals surface area (Å²) in [5.74, 6) is 0.950. The molecule has 0 radical (unpaired) electrons. The van der Waals surface area contributed by atoms with Crippen molar-refractivity contribution in [2.75, 3.05) is 18.4 Å². The van der Waals surface area contributed by atoms with Crippen LogP contribution in [0.2, 0.25) is 0 Å². The van der Waals surface area contributed by atoms with Crippen molar-refractivity contribution < 1.29 is 12.4 Å². The molecular weight excluding hydrogens is 450 g/mol. The maximum absolute atomic E-state index is 13.3. The number of nitrogens with zero attached hydrogens (tertiary/aromatic N) is 3. The molecule has 0 unspecified atom stereocenters. The van der Waals surface area contributed by atoms with E-state index in [0.717, 1.165) is 36.9 Å². The first kappa shape index (κ1) is 23.6. The molecule has 186 valence electrons. The molecule has 7 nitrogen and oxygen atoms in total. The number of pyridine rings is 1. The number of carbonyl (C=O) groups excluding carboxylic acids is 2. The zero-order valence-electron chi connectivity index (χ0n) is 20.3. The Labute approximate surface area is 214 Å². The van der Waals surface area contributed by atoms with E-state index in [9.17, 15) is 9.59 Å². The van der Waals surface area contributed by atoms with Crippen molar-refractivity contribution in [3.63, 3.8) is 0 Å². The van der Waals surface area contributed by atoms with Gasteiger partial charge < -0.3 is 15.5 Å². The molecule has 1 aromatic heterocycles. The molecule has 0 atom stereocenters. The molecule has 7 heteroatoms. The first-order valence-electron chi connectivity index (χ1n) is 12.4. The normalized spacial score (nSPS) is 15.7. The van der Waals surface area contributed by atoms with Crippen LogP contribution < -0.4 is 10.6 Å². The minimum absolute atomic E-state index is 0. The fourth-order valence-corrected chi connectivity index (χ4v) is 4.55. The van der Waals surface area contributed by atoms with Crippen molar-refractivity contribution >= 4 is 23.3 Å². The Bertz CT molecular complexity index is 1310. The van der Waals surface area contributed by atoms with Gasteiger partial charge in [0.15, 0.2) is 0 Å². The number of hydrogen-bond acceptors (Lipinski definition) is 5. The summed E-state index contributed by atoms with van der Waals surface area (Å²) < 4.78 is 0. The number of aryl methyl sites for hydroxylation is 1. The van der Waals surface area contributed by atoms with Gasteiger partial charge in [-0.15, -0.1) is 0 Å².